The van der Waals surface area contributed by atoms with E-state index >= 15 is 0 Å². The standard InChI is InChI=1S/C16H25NO3Si/c1-4-18-21(19-5-2,20-14-15(3)13-17)12-11-16-9-7-6-8-10-16/h6-10,15H,4-5,11-12,14H2,1-3H3. The summed E-state index contributed by atoms with van der Waals surface area (Å²) in [5.74, 6) is -0.158. The lowest BCUT2D eigenvalue weighted by Gasteiger charge is -2.29. The third kappa shape index (κ3) is 6.40. The first kappa shape index (κ1) is 17.9. The maximum absolute atomic E-state index is 8.90. The summed E-state index contributed by atoms with van der Waals surface area (Å²) in [5.41, 5.74) is 1.24. The molecule has 0 bridgehead atoms. The van der Waals surface area contributed by atoms with Gasteiger partial charge in [-0.3, -0.25) is 0 Å². The lowest BCUT2D eigenvalue weighted by atomic mass is 10.2. The van der Waals surface area contributed by atoms with Crippen molar-refractivity contribution < 1.29 is 13.3 Å². The van der Waals surface area contributed by atoms with Crippen LogP contribution in [0.25, 0.3) is 0 Å². The molecule has 0 fully saturated rings. The van der Waals surface area contributed by atoms with Crippen molar-refractivity contribution in [1.29, 1.82) is 5.26 Å². The molecule has 0 amide bonds. The normalized spacial score (nSPS) is 12.9. The predicted octanol–water partition coefficient (Wildman–Crippen LogP) is 3.42. The highest BCUT2D eigenvalue weighted by Gasteiger charge is 2.40. The summed E-state index contributed by atoms with van der Waals surface area (Å²) in [6, 6.07) is 13.2. The van der Waals surface area contributed by atoms with Crippen LogP contribution in [0.2, 0.25) is 6.04 Å². The fourth-order valence-electron chi connectivity index (χ4n) is 2.01. The molecule has 1 atom stereocenters. The van der Waals surface area contributed by atoms with Crippen LogP contribution >= 0.6 is 0 Å². The molecule has 0 aliphatic carbocycles. The smallest absolute Gasteiger partial charge is 0.374 e. The third-order valence-electron chi connectivity index (χ3n) is 3.06. The molecular formula is C16H25NO3Si. The van der Waals surface area contributed by atoms with Gasteiger partial charge in [-0.1, -0.05) is 30.3 Å². The molecule has 1 rings (SSSR count). The zero-order valence-electron chi connectivity index (χ0n) is 13.2. The Morgan fingerprint density at radius 1 is 1.10 bits per heavy atom. The number of aryl methyl sites for hydroxylation is 1. The Morgan fingerprint density at radius 3 is 2.24 bits per heavy atom. The van der Waals surface area contributed by atoms with Crippen molar-refractivity contribution in [2.75, 3.05) is 19.8 Å². The number of nitrogens with zero attached hydrogens (tertiary/aromatic N) is 1. The molecule has 0 N–H and O–H groups in total. The van der Waals surface area contributed by atoms with E-state index in [1.54, 1.807) is 0 Å². The van der Waals surface area contributed by atoms with Gasteiger partial charge in [-0.25, -0.2) is 0 Å². The Morgan fingerprint density at radius 2 is 1.71 bits per heavy atom. The SMILES string of the molecule is CCO[Si](CCc1ccccc1)(OCC)OCC(C)C#N. The maximum atomic E-state index is 8.90. The molecule has 1 aromatic carbocycles. The molecule has 0 saturated heterocycles. The minimum absolute atomic E-state index is 0.158. The maximum Gasteiger partial charge on any atom is 0.501 e. The van der Waals surface area contributed by atoms with Gasteiger partial charge in [0.2, 0.25) is 0 Å². The molecule has 5 heteroatoms. The first-order valence-electron chi connectivity index (χ1n) is 7.51. The molecule has 1 aromatic rings. The van der Waals surface area contributed by atoms with Crippen LogP contribution in [0.5, 0.6) is 0 Å². The van der Waals surface area contributed by atoms with E-state index in [2.05, 4.69) is 18.2 Å². The highest BCUT2D eigenvalue weighted by Crippen LogP contribution is 2.20. The van der Waals surface area contributed by atoms with Crippen LogP contribution in [0.15, 0.2) is 30.3 Å². The topological polar surface area (TPSA) is 51.5 Å². The molecule has 0 heterocycles. The first-order valence-corrected chi connectivity index (χ1v) is 9.44. The van der Waals surface area contributed by atoms with Crippen molar-refractivity contribution in [2.45, 2.75) is 33.2 Å². The van der Waals surface area contributed by atoms with E-state index in [1.165, 1.54) is 5.56 Å². The van der Waals surface area contributed by atoms with E-state index < -0.39 is 8.80 Å². The van der Waals surface area contributed by atoms with Crippen LogP contribution in [0.3, 0.4) is 0 Å². The van der Waals surface area contributed by atoms with E-state index in [9.17, 15) is 0 Å². The quantitative estimate of drug-likeness (QED) is 0.622. The zero-order chi connectivity index (χ0) is 15.6. The minimum Gasteiger partial charge on any atom is -0.374 e. The molecule has 0 spiro atoms. The Hall–Kier alpha value is -1.19. The summed E-state index contributed by atoms with van der Waals surface area (Å²) < 4.78 is 17.7. The lowest BCUT2D eigenvalue weighted by Crippen LogP contribution is -2.47. The van der Waals surface area contributed by atoms with Gasteiger partial charge in [-0.2, -0.15) is 5.26 Å². The van der Waals surface area contributed by atoms with E-state index in [1.807, 2.05) is 39.0 Å². The Kier molecular flexibility index (Phi) is 8.24. The van der Waals surface area contributed by atoms with Crippen LogP contribution in [-0.4, -0.2) is 28.6 Å². The number of hydrogen-bond donors (Lipinski definition) is 0. The zero-order valence-corrected chi connectivity index (χ0v) is 14.2. The molecule has 0 aromatic heterocycles. The van der Waals surface area contributed by atoms with Gasteiger partial charge in [0.25, 0.3) is 0 Å². The number of hydrogen-bond acceptors (Lipinski definition) is 4. The van der Waals surface area contributed by atoms with E-state index in [-0.39, 0.29) is 5.92 Å². The van der Waals surface area contributed by atoms with Crippen LogP contribution < -0.4 is 0 Å². The summed E-state index contributed by atoms with van der Waals surface area (Å²) >= 11 is 0. The molecule has 4 nitrogen and oxygen atoms in total. The summed E-state index contributed by atoms with van der Waals surface area (Å²) in [4.78, 5) is 0. The summed E-state index contributed by atoms with van der Waals surface area (Å²) in [6.07, 6.45) is 0.855. The molecule has 1 unspecified atom stereocenters. The molecule has 21 heavy (non-hydrogen) atoms. The molecule has 116 valence electrons. The van der Waals surface area contributed by atoms with Crippen LogP contribution in [0.1, 0.15) is 26.3 Å². The van der Waals surface area contributed by atoms with Gasteiger partial charge >= 0.3 is 8.80 Å². The van der Waals surface area contributed by atoms with E-state index in [4.69, 9.17) is 18.5 Å². The van der Waals surface area contributed by atoms with Gasteiger partial charge in [0.15, 0.2) is 0 Å². The average Bonchev–Trinajstić information content (AvgIpc) is 2.52. The average molecular weight is 307 g/mol. The monoisotopic (exact) mass is 307 g/mol. The highest BCUT2D eigenvalue weighted by molar-refractivity contribution is 6.60. The van der Waals surface area contributed by atoms with Gasteiger partial charge in [-0.15, -0.1) is 0 Å². The predicted molar refractivity (Wildman–Crippen MR) is 84.7 cm³/mol. The summed E-state index contributed by atoms with van der Waals surface area (Å²) in [6.45, 7) is 7.20. The molecule has 0 aliphatic rings. The Labute approximate surface area is 129 Å². The molecule has 0 saturated carbocycles. The van der Waals surface area contributed by atoms with Crippen molar-refractivity contribution in [2.24, 2.45) is 5.92 Å². The largest absolute Gasteiger partial charge is 0.501 e. The molecule has 0 aliphatic heterocycles. The molecular weight excluding hydrogens is 282 g/mol. The first-order chi connectivity index (χ1) is 10.2. The van der Waals surface area contributed by atoms with Gasteiger partial charge in [0.1, 0.15) is 0 Å². The van der Waals surface area contributed by atoms with Crippen molar-refractivity contribution in [3.05, 3.63) is 35.9 Å². The number of nitriles is 1. The van der Waals surface area contributed by atoms with Crippen LogP contribution in [-0.2, 0) is 19.7 Å². The third-order valence-corrected chi connectivity index (χ3v) is 5.99. The van der Waals surface area contributed by atoms with Crippen molar-refractivity contribution in [3.8, 4) is 6.07 Å². The molecule has 0 radical (unpaired) electrons. The van der Waals surface area contributed by atoms with Gasteiger partial charge in [0.05, 0.1) is 18.6 Å². The highest BCUT2D eigenvalue weighted by atomic mass is 28.4. The second kappa shape index (κ2) is 9.69. The van der Waals surface area contributed by atoms with E-state index in [0.717, 1.165) is 12.5 Å². The van der Waals surface area contributed by atoms with Crippen LogP contribution in [0, 0.1) is 17.2 Å². The van der Waals surface area contributed by atoms with Crippen molar-refractivity contribution in [3.63, 3.8) is 0 Å². The fourth-order valence-corrected chi connectivity index (χ4v) is 4.67. The number of rotatable bonds is 10. The number of benzene rings is 1. The second-order valence-corrected chi connectivity index (χ2v) is 7.61. The second-order valence-electron chi connectivity index (χ2n) is 4.88. The summed E-state index contributed by atoms with van der Waals surface area (Å²) in [7, 11) is -2.71. The van der Waals surface area contributed by atoms with Gasteiger partial charge in [-0.05, 0) is 32.8 Å². The van der Waals surface area contributed by atoms with Gasteiger partial charge < -0.3 is 13.3 Å². The van der Waals surface area contributed by atoms with Crippen molar-refractivity contribution in [1.82, 2.24) is 0 Å². The van der Waals surface area contributed by atoms with E-state index in [0.29, 0.717) is 19.8 Å². The van der Waals surface area contributed by atoms with Crippen LogP contribution in [0.4, 0.5) is 0 Å². The Balaban J connectivity index is 2.71. The van der Waals surface area contributed by atoms with Gasteiger partial charge in [0, 0.05) is 19.3 Å². The summed E-state index contributed by atoms with van der Waals surface area (Å²) in [5, 5.41) is 8.90. The lowest BCUT2D eigenvalue weighted by molar-refractivity contribution is 0.0616. The fraction of sp³-hybridized carbons (Fsp3) is 0.562. The Bertz CT molecular complexity index is 427. The van der Waals surface area contributed by atoms with Crippen molar-refractivity contribution >= 4 is 8.80 Å². The minimum atomic E-state index is -2.71.